The lowest BCUT2D eigenvalue weighted by Gasteiger charge is -2.23. The number of methoxy groups -OCH3 is 3. The summed E-state index contributed by atoms with van der Waals surface area (Å²) < 4.78 is 16.2. The topological polar surface area (TPSA) is 39.7 Å². The first-order chi connectivity index (χ1) is 10.2. The summed E-state index contributed by atoms with van der Waals surface area (Å²) in [7, 11) is 5.15. The molecule has 0 aliphatic heterocycles. The van der Waals surface area contributed by atoms with E-state index in [1.807, 2.05) is 12.1 Å². The molecule has 1 rings (SSSR count). The fourth-order valence-electron chi connectivity index (χ4n) is 2.32. The molecular weight excluding hydrogens is 266 g/mol. The highest BCUT2D eigenvalue weighted by molar-refractivity contribution is 5.42. The molecule has 1 aromatic rings. The van der Waals surface area contributed by atoms with E-state index in [-0.39, 0.29) is 12.1 Å². The van der Waals surface area contributed by atoms with E-state index in [4.69, 9.17) is 14.2 Å². The van der Waals surface area contributed by atoms with Crippen molar-refractivity contribution in [1.82, 2.24) is 5.32 Å². The van der Waals surface area contributed by atoms with Gasteiger partial charge in [-0.05, 0) is 50.9 Å². The van der Waals surface area contributed by atoms with Gasteiger partial charge in [-0.1, -0.05) is 6.92 Å². The van der Waals surface area contributed by atoms with Crippen LogP contribution in [0.15, 0.2) is 18.2 Å². The quantitative estimate of drug-likeness (QED) is 0.716. The average Bonchev–Trinajstić information content (AvgIpc) is 2.54. The molecule has 0 radical (unpaired) electrons. The summed E-state index contributed by atoms with van der Waals surface area (Å²) in [5.41, 5.74) is 1.15. The molecule has 1 aromatic carbocycles. The van der Waals surface area contributed by atoms with E-state index in [1.54, 1.807) is 21.3 Å². The second-order valence-corrected chi connectivity index (χ2v) is 5.24. The van der Waals surface area contributed by atoms with Crippen LogP contribution in [0.1, 0.15) is 44.7 Å². The molecule has 2 atom stereocenters. The molecule has 4 heteroatoms. The molecule has 0 saturated heterocycles. The second kappa shape index (κ2) is 9.64. The highest BCUT2D eigenvalue weighted by Gasteiger charge is 2.17. The molecule has 0 fully saturated rings. The van der Waals surface area contributed by atoms with Gasteiger partial charge in [-0.2, -0.15) is 0 Å². The van der Waals surface area contributed by atoms with Gasteiger partial charge >= 0.3 is 0 Å². The highest BCUT2D eigenvalue weighted by Crippen LogP contribution is 2.32. The molecule has 0 bridgehead atoms. The van der Waals surface area contributed by atoms with Gasteiger partial charge in [0.05, 0.1) is 20.3 Å². The zero-order valence-corrected chi connectivity index (χ0v) is 13.9. The standard InChI is InChI=1S/C17H29NO3/c1-6-11-18-16(9-7-13(2)19-3)15-12-14(20-4)8-10-17(15)21-5/h8,10,12-13,16,18H,6-7,9,11H2,1-5H3. The van der Waals surface area contributed by atoms with Crippen LogP contribution >= 0.6 is 0 Å². The number of hydrogen-bond acceptors (Lipinski definition) is 4. The molecule has 0 heterocycles. The van der Waals surface area contributed by atoms with Crippen LogP contribution in [0.25, 0.3) is 0 Å². The van der Waals surface area contributed by atoms with Gasteiger partial charge < -0.3 is 19.5 Å². The molecule has 0 saturated carbocycles. The molecule has 2 unspecified atom stereocenters. The minimum Gasteiger partial charge on any atom is -0.497 e. The number of ether oxygens (including phenoxy) is 3. The maximum Gasteiger partial charge on any atom is 0.123 e. The van der Waals surface area contributed by atoms with E-state index in [1.165, 1.54) is 0 Å². The van der Waals surface area contributed by atoms with Crippen LogP contribution in [0.3, 0.4) is 0 Å². The maximum absolute atomic E-state index is 5.51. The lowest BCUT2D eigenvalue weighted by Crippen LogP contribution is -2.24. The Labute approximate surface area is 128 Å². The van der Waals surface area contributed by atoms with Crippen molar-refractivity contribution in [3.8, 4) is 11.5 Å². The molecular formula is C17H29NO3. The summed E-state index contributed by atoms with van der Waals surface area (Å²) in [5.74, 6) is 1.75. The summed E-state index contributed by atoms with van der Waals surface area (Å²) in [6.45, 7) is 5.25. The number of benzene rings is 1. The third-order valence-electron chi connectivity index (χ3n) is 3.72. The first-order valence-electron chi connectivity index (χ1n) is 7.64. The van der Waals surface area contributed by atoms with Crippen LogP contribution in [-0.2, 0) is 4.74 Å². The monoisotopic (exact) mass is 295 g/mol. The Kier molecular flexibility index (Phi) is 8.16. The van der Waals surface area contributed by atoms with Gasteiger partial charge in [0, 0.05) is 18.7 Å². The number of nitrogens with one attached hydrogen (secondary N) is 1. The Morgan fingerprint density at radius 1 is 1.10 bits per heavy atom. The van der Waals surface area contributed by atoms with E-state index in [0.717, 1.165) is 42.9 Å². The van der Waals surface area contributed by atoms with Crippen molar-refractivity contribution in [3.63, 3.8) is 0 Å². The highest BCUT2D eigenvalue weighted by atomic mass is 16.5. The summed E-state index contributed by atoms with van der Waals surface area (Å²) in [6.07, 6.45) is 3.35. The molecule has 4 nitrogen and oxygen atoms in total. The summed E-state index contributed by atoms with van der Waals surface area (Å²) in [4.78, 5) is 0. The lowest BCUT2D eigenvalue weighted by molar-refractivity contribution is 0.106. The summed E-state index contributed by atoms with van der Waals surface area (Å²) in [5, 5.41) is 3.60. The van der Waals surface area contributed by atoms with Crippen LogP contribution in [0.5, 0.6) is 11.5 Å². The zero-order valence-electron chi connectivity index (χ0n) is 13.9. The molecule has 1 N–H and O–H groups in total. The van der Waals surface area contributed by atoms with E-state index in [0.29, 0.717) is 0 Å². The van der Waals surface area contributed by atoms with E-state index in [2.05, 4.69) is 25.2 Å². The van der Waals surface area contributed by atoms with Crippen LogP contribution < -0.4 is 14.8 Å². The van der Waals surface area contributed by atoms with Gasteiger partial charge in [0.2, 0.25) is 0 Å². The third kappa shape index (κ3) is 5.56. The van der Waals surface area contributed by atoms with E-state index >= 15 is 0 Å². The van der Waals surface area contributed by atoms with Crippen molar-refractivity contribution in [1.29, 1.82) is 0 Å². The first kappa shape index (κ1) is 17.8. The Morgan fingerprint density at radius 3 is 2.43 bits per heavy atom. The lowest BCUT2D eigenvalue weighted by atomic mass is 9.99. The number of hydrogen-bond donors (Lipinski definition) is 1. The molecule has 0 amide bonds. The van der Waals surface area contributed by atoms with Gasteiger partial charge in [-0.3, -0.25) is 0 Å². The van der Waals surface area contributed by atoms with Crippen molar-refractivity contribution < 1.29 is 14.2 Å². The van der Waals surface area contributed by atoms with Crippen molar-refractivity contribution in [2.75, 3.05) is 27.9 Å². The molecule has 0 aliphatic rings. The van der Waals surface area contributed by atoms with Crippen molar-refractivity contribution >= 4 is 0 Å². The number of rotatable bonds is 10. The SMILES string of the molecule is CCCNC(CCC(C)OC)c1cc(OC)ccc1OC. The minimum atomic E-state index is 0.243. The van der Waals surface area contributed by atoms with Gasteiger partial charge in [0.15, 0.2) is 0 Å². The minimum absolute atomic E-state index is 0.243. The third-order valence-corrected chi connectivity index (χ3v) is 3.72. The normalized spacial score (nSPS) is 13.8. The fraction of sp³-hybridized carbons (Fsp3) is 0.647. The van der Waals surface area contributed by atoms with Gasteiger partial charge in [-0.15, -0.1) is 0 Å². The first-order valence-corrected chi connectivity index (χ1v) is 7.64. The molecule has 0 spiro atoms. The van der Waals surface area contributed by atoms with Crippen LogP contribution in [0.2, 0.25) is 0 Å². The Morgan fingerprint density at radius 2 is 1.86 bits per heavy atom. The van der Waals surface area contributed by atoms with Crippen molar-refractivity contribution in [2.45, 2.75) is 45.3 Å². The smallest absolute Gasteiger partial charge is 0.123 e. The van der Waals surface area contributed by atoms with Crippen LogP contribution in [-0.4, -0.2) is 34.0 Å². The van der Waals surface area contributed by atoms with Crippen LogP contribution in [0, 0.1) is 0 Å². The van der Waals surface area contributed by atoms with E-state index < -0.39 is 0 Å². The Balaban J connectivity index is 2.94. The largest absolute Gasteiger partial charge is 0.497 e. The molecule has 21 heavy (non-hydrogen) atoms. The molecule has 0 aliphatic carbocycles. The van der Waals surface area contributed by atoms with E-state index in [9.17, 15) is 0 Å². The second-order valence-electron chi connectivity index (χ2n) is 5.24. The predicted octanol–water partition coefficient (Wildman–Crippen LogP) is 3.56. The van der Waals surface area contributed by atoms with Gasteiger partial charge in [-0.25, -0.2) is 0 Å². The fourth-order valence-corrected chi connectivity index (χ4v) is 2.32. The van der Waals surface area contributed by atoms with Gasteiger partial charge in [0.25, 0.3) is 0 Å². The molecule has 0 aromatic heterocycles. The summed E-state index contributed by atoms with van der Waals surface area (Å²) >= 11 is 0. The van der Waals surface area contributed by atoms with Crippen molar-refractivity contribution in [3.05, 3.63) is 23.8 Å². The zero-order chi connectivity index (χ0) is 15.7. The predicted molar refractivity (Wildman–Crippen MR) is 86.3 cm³/mol. The molecule has 120 valence electrons. The van der Waals surface area contributed by atoms with Gasteiger partial charge in [0.1, 0.15) is 11.5 Å². The Hall–Kier alpha value is -1.26. The average molecular weight is 295 g/mol. The summed E-state index contributed by atoms with van der Waals surface area (Å²) in [6, 6.07) is 6.20. The maximum atomic E-state index is 5.51. The van der Waals surface area contributed by atoms with Crippen LogP contribution in [0.4, 0.5) is 0 Å². The van der Waals surface area contributed by atoms with Crippen molar-refractivity contribution in [2.24, 2.45) is 0 Å². The Bertz CT molecular complexity index is 409.